The van der Waals surface area contributed by atoms with Crippen LogP contribution in [-0.2, 0) is 4.79 Å². The van der Waals surface area contributed by atoms with Gasteiger partial charge in [-0.05, 0) is 6.42 Å². The highest BCUT2D eigenvalue weighted by atomic mass is 19.3. The van der Waals surface area contributed by atoms with E-state index in [0.717, 1.165) is 0 Å². The van der Waals surface area contributed by atoms with Crippen LogP contribution in [-0.4, -0.2) is 23.1 Å². The first-order chi connectivity index (χ1) is 4.86. The summed E-state index contributed by atoms with van der Waals surface area (Å²) < 4.78 is 49.1. The molecule has 0 atom stereocenters. The molecule has 0 aliphatic heterocycles. The Morgan fingerprint density at radius 1 is 1.00 bits per heavy atom. The van der Waals surface area contributed by atoms with Crippen LogP contribution in [0.4, 0.5) is 17.6 Å². The lowest BCUT2D eigenvalue weighted by atomic mass is 9.92. The van der Waals surface area contributed by atoms with E-state index in [1.54, 1.807) is 0 Å². The van der Waals surface area contributed by atoms with Gasteiger partial charge in [0.05, 0.1) is 0 Å². The Labute approximate surface area is 65.9 Å². The molecule has 12 heavy (non-hydrogen) atoms. The van der Waals surface area contributed by atoms with Crippen LogP contribution in [0.15, 0.2) is 0 Å². The molecule has 1 aliphatic carbocycles. The van der Waals surface area contributed by atoms with E-state index in [9.17, 15) is 22.4 Å². The number of Topliss-reactive ketones (excluding diaryl/α,β-unsaturated/α-hetero) is 1. The van der Waals surface area contributed by atoms with Crippen LogP contribution in [0.3, 0.4) is 0 Å². The van der Waals surface area contributed by atoms with Crippen molar-refractivity contribution in [3.05, 3.63) is 0 Å². The zero-order valence-electron chi connectivity index (χ0n) is 6.04. The Morgan fingerprint density at radius 3 is 1.58 bits per heavy atom. The van der Waals surface area contributed by atoms with Crippen LogP contribution < -0.4 is 0 Å². The number of rotatable bonds is 0. The summed E-state index contributed by atoms with van der Waals surface area (Å²) in [7, 11) is 0. The van der Waals surface area contributed by atoms with Crippen molar-refractivity contribution in [3.63, 3.8) is 0 Å². The molecular formula is C6H8F4O2. The van der Waals surface area contributed by atoms with Gasteiger partial charge in [0.15, 0.2) is 0 Å². The van der Waals surface area contributed by atoms with E-state index >= 15 is 0 Å². The molecule has 0 aromatic heterocycles. The maximum absolute atomic E-state index is 12.3. The summed E-state index contributed by atoms with van der Waals surface area (Å²) in [5.41, 5.74) is 0. The first kappa shape index (κ1) is 11.4. The Hall–Kier alpha value is -0.650. The fourth-order valence-electron chi connectivity index (χ4n) is 1.03. The molecule has 1 fully saturated rings. The standard InChI is InChI=1S/C6H6F4O.H2O/c7-5(8)2-1-3-6(9,10)4(5)11;/h1-3H2;1H2. The van der Waals surface area contributed by atoms with Gasteiger partial charge in [-0.25, -0.2) is 0 Å². The van der Waals surface area contributed by atoms with Crippen molar-refractivity contribution in [3.8, 4) is 0 Å². The minimum absolute atomic E-state index is 0. The van der Waals surface area contributed by atoms with Gasteiger partial charge in [-0.15, -0.1) is 0 Å². The van der Waals surface area contributed by atoms with Crippen LogP contribution in [0, 0.1) is 0 Å². The highest BCUT2D eigenvalue weighted by Gasteiger charge is 2.56. The van der Waals surface area contributed by atoms with Gasteiger partial charge in [-0.3, -0.25) is 4.79 Å². The van der Waals surface area contributed by atoms with Gasteiger partial charge in [0.25, 0.3) is 5.78 Å². The zero-order chi connectivity index (χ0) is 8.70. The van der Waals surface area contributed by atoms with Gasteiger partial charge in [-0.2, -0.15) is 17.6 Å². The van der Waals surface area contributed by atoms with Crippen molar-refractivity contribution in [2.24, 2.45) is 0 Å². The highest BCUT2D eigenvalue weighted by Crippen LogP contribution is 2.38. The van der Waals surface area contributed by atoms with Gasteiger partial charge < -0.3 is 5.48 Å². The maximum atomic E-state index is 12.3. The van der Waals surface area contributed by atoms with Crippen molar-refractivity contribution in [1.29, 1.82) is 0 Å². The molecule has 0 amide bonds. The quantitative estimate of drug-likeness (QED) is 0.526. The van der Waals surface area contributed by atoms with Crippen molar-refractivity contribution >= 4 is 5.78 Å². The number of alkyl halides is 4. The molecule has 1 rings (SSSR count). The minimum Gasteiger partial charge on any atom is -0.412 e. The third kappa shape index (κ3) is 1.74. The summed E-state index contributed by atoms with van der Waals surface area (Å²) >= 11 is 0. The normalized spacial score (nSPS) is 26.2. The van der Waals surface area contributed by atoms with E-state index in [1.165, 1.54) is 0 Å². The van der Waals surface area contributed by atoms with E-state index in [4.69, 9.17) is 0 Å². The van der Waals surface area contributed by atoms with Crippen LogP contribution in [0.2, 0.25) is 0 Å². The predicted octanol–water partition coefficient (Wildman–Crippen LogP) is 1.19. The van der Waals surface area contributed by atoms with Crippen LogP contribution in [0.25, 0.3) is 0 Å². The molecule has 0 bridgehead atoms. The van der Waals surface area contributed by atoms with Gasteiger partial charge in [0, 0.05) is 12.8 Å². The van der Waals surface area contributed by atoms with Crippen molar-refractivity contribution in [2.75, 3.05) is 0 Å². The Kier molecular flexibility index (Phi) is 2.84. The van der Waals surface area contributed by atoms with Gasteiger partial charge in [-0.1, -0.05) is 0 Å². The Bertz CT molecular complexity index is 172. The summed E-state index contributed by atoms with van der Waals surface area (Å²) in [6, 6.07) is 0. The molecule has 0 unspecified atom stereocenters. The summed E-state index contributed by atoms with van der Waals surface area (Å²) in [6.07, 6.45) is -1.80. The van der Waals surface area contributed by atoms with Crippen molar-refractivity contribution in [1.82, 2.24) is 0 Å². The smallest absolute Gasteiger partial charge is 0.311 e. The molecule has 0 radical (unpaired) electrons. The van der Waals surface area contributed by atoms with Gasteiger partial charge >= 0.3 is 11.8 Å². The Balaban J connectivity index is 0.00000121. The molecule has 0 saturated heterocycles. The third-order valence-electron chi connectivity index (χ3n) is 1.65. The van der Waals surface area contributed by atoms with E-state index < -0.39 is 30.5 Å². The van der Waals surface area contributed by atoms with Crippen molar-refractivity contribution < 1.29 is 27.8 Å². The number of carbonyl (C=O) groups is 1. The third-order valence-corrected chi connectivity index (χ3v) is 1.65. The number of hydrogen-bond donors (Lipinski definition) is 0. The van der Waals surface area contributed by atoms with Crippen molar-refractivity contribution in [2.45, 2.75) is 31.1 Å². The molecule has 0 aromatic rings. The van der Waals surface area contributed by atoms with E-state index in [-0.39, 0.29) is 11.9 Å². The van der Waals surface area contributed by atoms with E-state index in [0.29, 0.717) is 0 Å². The fourth-order valence-corrected chi connectivity index (χ4v) is 1.03. The average molecular weight is 188 g/mol. The van der Waals surface area contributed by atoms with E-state index in [1.807, 2.05) is 0 Å². The first-order valence-electron chi connectivity index (χ1n) is 3.17. The number of ketones is 1. The molecule has 72 valence electrons. The zero-order valence-corrected chi connectivity index (χ0v) is 6.04. The number of halogens is 4. The molecule has 1 saturated carbocycles. The second kappa shape index (κ2) is 3.01. The summed E-state index contributed by atoms with van der Waals surface area (Å²) in [5.74, 6) is -9.86. The molecule has 2 nitrogen and oxygen atoms in total. The van der Waals surface area contributed by atoms with Crippen LogP contribution in [0.5, 0.6) is 0 Å². The molecular weight excluding hydrogens is 180 g/mol. The molecule has 0 aromatic carbocycles. The highest BCUT2D eigenvalue weighted by molar-refractivity contribution is 5.92. The fraction of sp³-hybridized carbons (Fsp3) is 0.833. The lowest BCUT2D eigenvalue weighted by Gasteiger charge is -2.26. The minimum atomic E-state index is -3.82. The summed E-state index contributed by atoms with van der Waals surface area (Å²) in [5, 5.41) is 0. The molecule has 0 spiro atoms. The Morgan fingerprint density at radius 2 is 1.33 bits per heavy atom. The van der Waals surface area contributed by atoms with Gasteiger partial charge in [0.2, 0.25) is 0 Å². The maximum Gasteiger partial charge on any atom is 0.311 e. The SMILES string of the molecule is O.O=C1C(F)(F)CCCC1(F)F. The summed E-state index contributed by atoms with van der Waals surface area (Å²) in [4.78, 5) is 10.3. The molecule has 1 aliphatic rings. The largest absolute Gasteiger partial charge is 0.412 e. The lowest BCUT2D eigenvalue weighted by Crippen LogP contribution is -2.46. The summed E-state index contributed by atoms with van der Waals surface area (Å²) in [6.45, 7) is 0. The topological polar surface area (TPSA) is 48.6 Å². The first-order valence-corrected chi connectivity index (χ1v) is 3.17. The van der Waals surface area contributed by atoms with Gasteiger partial charge in [0.1, 0.15) is 0 Å². The molecule has 6 heteroatoms. The number of hydrogen-bond acceptors (Lipinski definition) is 1. The van der Waals surface area contributed by atoms with Crippen LogP contribution in [0.1, 0.15) is 19.3 Å². The predicted molar refractivity (Wildman–Crippen MR) is 32.4 cm³/mol. The second-order valence-electron chi connectivity index (χ2n) is 2.59. The second-order valence-corrected chi connectivity index (χ2v) is 2.59. The lowest BCUT2D eigenvalue weighted by molar-refractivity contribution is -0.178. The number of carbonyl (C=O) groups excluding carboxylic acids is 1. The average Bonchev–Trinajstić information content (AvgIpc) is 1.82. The molecule has 0 heterocycles. The monoisotopic (exact) mass is 188 g/mol. The van der Waals surface area contributed by atoms with E-state index in [2.05, 4.69) is 0 Å². The van der Waals surface area contributed by atoms with Crippen LogP contribution >= 0.6 is 0 Å². The molecule has 2 N–H and O–H groups in total.